The number of rotatable bonds is 4. The normalized spacial score (nSPS) is 12.4. The van der Waals surface area contributed by atoms with Crippen molar-refractivity contribution < 1.29 is 9.47 Å². The molecule has 2 aromatic rings. The predicted octanol–water partition coefficient (Wildman–Crippen LogP) is 3.77. The molecule has 0 radical (unpaired) electrons. The maximum absolute atomic E-state index is 9.18. The van der Waals surface area contributed by atoms with Crippen LogP contribution in [0, 0.1) is 85.5 Å². The van der Waals surface area contributed by atoms with Gasteiger partial charge in [-0.25, -0.2) is 40.4 Å². The van der Waals surface area contributed by atoms with Crippen LogP contribution >= 0.6 is 0 Å². The molecule has 0 bridgehead atoms. The van der Waals surface area contributed by atoms with Gasteiger partial charge in [-0.1, -0.05) is 23.3 Å². The van der Waals surface area contributed by atoms with Crippen LogP contribution in [0.4, 0.5) is 0 Å². The number of hydrogen-bond acceptors (Lipinski definition) is 6. The smallest absolute Gasteiger partial charge is 0.272 e. The van der Waals surface area contributed by atoms with E-state index in [1.165, 1.54) is 12.1 Å². The number of aryl methyl sites for hydroxylation is 2. The monoisotopic (exact) mass is 552 g/mol. The van der Waals surface area contributed by atoms with Crippen LogP contribution < -0.4 is 30.3 Å². The first-order chi connectivity index (χ1) is 20.0. The lowest BCUT2D eigenvalue weighted by Crippen LogP contribution is -2.23. The van der Waals surface area contributed by atoms with E-state index in [1.807, 2.05) is 24.3 Å². The molecule has 0 atom stereocenters. The van der Waals surface area contributed by atoms with Gasteiger partial charge < -0.3 is 9.47 Å². The van der Waals surface area contributed by atoms with Gasteiger partial charge in [0.25, 0.3) is 22.8 Å². The third-order valence-electron chi connectivity index (χ3n) is 5.27. The summed E-state index contributed by atoms with van der Waals surface area (Å²) in [6.45, 7) is 38.9. The van der Waals surface area contributed by atoms with Crippen LogP contribution in [-0.2, 0) is 0 Å². The number of nitrogens with zero attached hydrogens (tertiary/aromatic N) is 8. The molecule has 0 N–H and O–H groups in total. The van der Waals surface area contributed by atoms with E-state index in [2.05, 4.69) is 19.4 Å². The van der Waals surface area contributed by atoms with E-state index in [0.717, 1.165) is 0 Å². The third-order valence-corrected chi connectivity index (χ3v) is 5.27. The minimum Gasteiger partial charge on any atom is -0.492 e. The summed E-state index contributed by atoms with van der Waals surface area (Å²) in [6, 6.07) is 13.7. The van der Waals surface area contributed by atoms with Crippen molar-refractivity contribution in [1.29, 1.82) is 21.0 Å². The Hall–Kier alpha value is -6.56. The molecule has 0 aliphatic heterocycles. The second kappa shape index (κ2) is 15.8. The molecule has 10 nitrogen and oxygen atoms in total. The van der Waals surface area contributed by atoms with E-state index < -0.39 is 0 Å². The zero-order valence-electron chi connectivity index (χ0n) is 23.9. The summed E-state index contributed by atoms with van der Waals surface area (Å²) in [6.07, 6.45) is -0.421. The first-order valence-electron chi connectivity index (χ1n) is 12.2. The van der Waals surface area contributed by atoms with Gasteiger partial charge in [0, 0.05) is 10.4 Å². The molecule has 0 aliphatic carbocycles. The van der Waals surface area contributed by atoms with Crippen LogP contribution in [0.5, 0.6) is 11.5 Å². The third kappa shape index (κ3) is 8.22. The van der Waals surface area contributed by atoms with Crippen molar-refractivity contribution in [3.63, 3.8) is 0 Å². The molecule has 204 valence electrons. The van der Waals surface area contributed by atoms with E-state index in [0.29, 0.717) is 21.6 Å². The lowest BCUT2D eigenvalue weighted by Gasteiger charge is -2.15. The molecule has 2 rings (SSSR count). The standard InChI is InChI=1S/C18H16N4O2.C14H8N4/c1-11(2)23-17-7-14(16(10-20)22-6)18(24-12(3)4)8-13(17)15(9-19)21-5;1-9-5-12(14(8-16)18-4)10(2)6-11(9)13(7-15)17-3/h7-8,11-12H,1-4H3;5-6H,1-2H3/b15-13-,16-14+;13-11-,14-12+. The summed E-state index contributed by atoms with van der Waals surface area (Å²) in [5.74, 6) is 0.528. The van der Waals surface area contributed by atoms with Gasteiger partial charge in [-0.3, -0.25) is 0 Å². The summed E-state index contributed by atoms with van der Waals surface area (Å²) in [5, 5.41) is 37.7. The Bertz CT molecular complexity index is 1790. The van der Waals surface area contributed by atoms with Crippen LogP contribution in [0.15, 0.2) is 24.3 Å². The van der Waals surface area contributed by atoms with Crippen LogP contribution in [0.25, 0.3) is 42.2 Å². The van der Waals surface area contributed by atoms with Gasteiger partial charge in [0.05, 0.1) is 62.8 Å². The number of hydrogen-bond donors (Lipinski definition) is 0. The van der Waals surface area contributed by atoms with Crippen molar-refractivity contribution in [3.8, 4) is 35.8 Å². The topological polar surface area (TPSA) is 131 Å². The van der Waals surface area contributed by atoms with E-state index in [1.54, 1.807) is 53.7 Å². The highest BCUT2D eigenvalue weighted by Gasteiger charge is 2.13. The average Bonchev–Trinajstić information content (AvgIpc) is 2.95. The van der Waals surface area contributed by atoms with Crippen LogP contribution in [0.1, 0.15) is 38.8 Å². The first kappa shape index (κ1) is 33.5. The maximum atomic E-state index is 9.18. The molecular weight excluding hydrogens is 528 g/mol. The molecule has 0 amide bonds. The Morgan fingerprint density at radius 3 is 1.02 bits per heavy atom. The summed E-state index contributed by atoms with van der Waals surface area (Å²) >= 11 is 0. The Morgan fingerprint density at radius 2 is 0.810 bits per heavy atom. The minimum atomic E-state index is -0.211. The molecule has 0 spiro atoms. The van der Waals surface area contributed by atoms with Crippen molar-refractivity contribution in [2.45, 2.75) is 53.8 Å². The molecule has 0 heterocycles. The quantitative estimate of drug-likeness (QED) is 0.531. The maximum Gasteiger partial charge on any atom is 0.272 e. The highest BCUT2D eigenvalue weighted by atomic mass is 16.5. The van der Waals surface area contributed by atoms with Crippen LogP contribution in [-0.4, -0.2) is 12.2 Å². The van der Waals surface area contributed by atoms with E-state index in [4.69, 9.17) is 46.3 Å². The van der Waals surface area contributed by atoms with E-state index >= 15 is 0 Å². The predicted molar refractivity (Wildman–Crippen MR) is 155 cm³/mol. The molecule has 0 aliphatic rings. The zero-order chi connectivity index (χ0) is 32.0. The molecule has 42 heavy (non-hydrogen) atoms. The molecular formula is C32H24N8O2. The van der Waals surface area contributed by atoms with Gasteiger partial charge >= 0.3 is 0 Å². The molecule has 0 aromatic heterocycles. The minimum absolute atomic E-state index is 0.0171. The molecule has 0 saturated carbocycles. The largest absolute Gasteiger partial charge is 0.492 e. The van der Waals surface area contributed by atoms with Gasteiger partial charge in [0.2, 0.25) is 0 Å². The number of nitriles is 4. The summed E-state index contributed by atoms with van der Waals surface area (Å²) in [5.41, 5.74) is 1.16. The summed E-state index contributed by atoms with van der Waals surface area (Å²) in [4.78, 5) is 12.8. The fourth-order valence-electron chi connectivity index (χ4n) is 3.54. The molecule has 0 unspecified atom stereocenters. The lowest BCUT2D eigenvalue weighted by molar-refractivity contribution is 0.231. The van der Waals surface area contributed by atoms with Crippen molar-refractivity contribution in [1.82, 2.24) is 0 Å². The zero-order valence-corrected chi connectivity index (χ0v) is 23.9. The lowest BCUT2D eigenvalue weighted by atomic mass is 10.0. The average molecular weight is 553 g/mol. The van der Waals surface area contributed by atoms with Gasteiger partial charge in [-0.05, 0) is 64.1 Å². The Balaban J connectivity index is 0.000000437. The van der Waals surface area contributed by atoms with Gasteiger partial charge in [0.15, 0.2) is 0 Å². The Labute approximate surface area is 244 Å². The highest BCUT2D eigenvalue weighted by Crippen LogP contribution is 2.14. The van der Waals surface area contributed by atoms with Crippen molar-refractivity contribution in [2.24, 2.45) is 0 Å². The fourth-order valence-corrected chi connectivity index (χ4v) is 3.54. The van der Waals surface area contributed by atoms with Gasteiger partial charge in [-0.15, -0.1) is 0 Å². The highest BCUT2D eigenvalue weighted by molar-refractivity contribution is 5.72. The van der Waals surface area contributed by atoms with Gasteiger partial charge in [0.1, 0.15) is 11.5 Å². The van der Waals surface area contributed by atoms with E-state index in [9.17, 15) is 10.5 Å². The molecule has 0 saturated heterocycles. The summed E-state index contributed by atoms with van der Waals surface area (Å²) < 4.78 is 11.3. The Morgan fingerprint density at radius 1 is 0.548 bits per heavy atom. The van der Waals surface area contributed by atoms with Crippen molar-refractivity contribution >= 4 is 22.8 Å². The van der Waals surface area contributed by atoms with Crippen molar-refractivity contribution in [3.05, 3.63) is 102 Å². The number of benzene rings is 2. The molecule has 2 aromatic carbocycles. The second-order valence-corrected chi connectivity index (χ2v) is 8.95. The second-order valence-electron chi connectivity index (χ2n) is 8.95. The van der Waals surface area contributed by atoms with Crippen LogP contribution in [0.2, 0.25) is 0 Å². The van der Waals surface area contributed by atoms with E-state index in [-0.39, 0.29) is 56.9 Å². The Kier molecular flexibility index (Phi) is 12.6. The number of ether oxygens (including phenoxy) is 2. The van der Waals surface area contributed by atoms with Crippen molar-refractivity contribution in [2.75, 3.05) is 0 Å². The molecule has 10 heteroatoms. The fraction of sp³-hybridized carbons (Fsp3) is 0.250. The first-order valence-corrected chi connectivity index (χ1v) is 12.2. The SMILES string of the molecule is [C-]#[N+]/C(C#N)=c1/cc(C)/c(=C(\C#N)[N+]#[C-])cc1C.[C-]#[N+]/C(C#N)=c1/cc(OC(C)C)/c(=C(\C#N)[N+]#[C-])cc1OC(C)C. The molecule has 0 fully saturated rings. The summed E-state index contributed by atoms with van der Waals surface area (Å²) in [7, 11) is 0. The van der Waals surface area contributed by atoms with Gasteiger partial charge in [-0.2, -0.15) is 0 Å². The van der Waals surface area contributed by atoms with Crippen LogP contribution in [0.3, 0.4) is 0 Å².